The van der Waals surface area contributed by atoms with E-state index in [1.165, 1.54) is 0 Å². The summed E-state index contributed by atoms with van der Waals surface area (Å²) in [7, 11) is 0. The molecule has 0 bridgehead atoms. The summed E-state index contributed by atoms with van der Waals surface area (Å²) in [5.41, 5.74) is 8.03. The summed E-state index contributed by atoms with van der Waals surface area (Å²) in [5, 5.41) is 24.3. The van der Waals surface area contributed by atoms with Crippen LogP contribution in [0.2, 0.25) is 0 Å². The van der Waals surface area contributed by atoms with E-state index in [1.807, 2.05) is 30.3 Å². The Balaban J connectivity index is 1.55. The number of hydrogen-bond acceptors (Lipinski definition) is 9. The maximum Gasteiger partial charge on any atom is 0.320 e. The van der Waals surface area contributed by atoms with Crippen molar-refractivity contribution < 1.29 is 19.7 Å². The fourth-order valence-corrected chi connectivity index (χ4v) is 4.37. The van der Waals surface area contributed by atoms with Crippen molar-refractivity contribution in [3.63, 3.8) is 0 Å². The lowest BCUT2D eigenvalue weighted by molar-refractivity contribution is -0.0287. The predicted octanol–water partition coefficient (Wildman–Crippen LogP) is 1.98. The second kappa shape index (κ2) is 8.53. The summed E-state index contributed by atoms with van der Waals surface area (Å²) in [4.78, 5) is 13.5. The van der Waals surface area contributed by atoms with Crippen molar-refractivity contribution >= 4 is 22.9 Å². The van der Waals surface area contributed by atoms with Crippen molar-refractivity contribution in [2.75, 3.05) is 11.1 Å². The van der Waals surface area contributed by atoms with Crippen LogP contribution in [0.15, 0.2) is 30.3 Å². The molecule has 1 aliphatic carbocycles. The minimum absolute atomic E-state index is 0.0639. The monoisotopic (exact) mass is 440 g/mol. The fraction of sp³-hybridized carbons (Fsp3) is 0.500. The number of nitrogen functional groups attached to an aromatic ring is 1. The Morgan fingerprint density at radius 1 is 1.12 bits per heavy atom. The SMILES string of the molecule is CC1OC(n2c(NCc3ccccc3)nc3c(N)nc(OC4CCCC4)nc32)[C@H](O)[C@@H]1O. The number of nitrogens with one attached hydrogen (secondary N) is 1. The van der Waals surface area contributed by atoms with Gasteiger partial charge in [0.2, 0.25) is 5.95 Å². The molecule has 5 N–H and O–H groups in total. The van der Waals surface area contributed by atoms with Crippen LogP contribution in [0.4, 0.5) is 11.8 Å². The summed E-state index contributed by atoms with van der Waals surface area (Å²) in [6, 6.07) is 10.0. The molecule has 2 aromatic heterocycles. The van der Waals surface area contributed by atoms with Gasteiger partial charge in [-0.3, -0.25) is 4.57 Å². The maximum absolute atomic E-state index is 10.7. The van der Waals surface area contributed by atoms with Crippen molar-refractivity contribution in [1.82, 2.24) is 19.5 Å². The zero-order chi connectivity index (χ0) is 22.2. The quantitative estimate of drug-likeness (QED) is 0.453. The molecule has 0 amide bonds. The maximum atomic E-state index is 10.7. The normalized spacial score (nSPS) is 26.1. The van der Waals surface area contributed by atoms with Gasteiger partial charge in [0.05, 0.1) is 6.10 Å². The van der Waals surface area contributed by atoms with Crippen molar-refractivity contribution in [3.05, 3.63) is 35.9 Å². The Labute approximate surface area is 185 Å². The number of aliphatic hydroxyl groups excluding tert-OH is 2. The van der Waals surface area contributed by atoms with E-state index in [0.717, 1.165) is 31.2 Å². The Morgan fingerprint density at radius 2 is 1.88 bits per heavy atom. The van der Waals surface area contributed by atoms with Crippen LogP contribution in [0.1, 0.15) is 44.4 Å². The molecule has 10 heteroatoms. The zero-order valence-corrected chi connectivity index (χ0v) is 17.9. The highest BCUT2D eigenvalue weighted by Crippen LogP contribution is 2.36. The molecule has 3 heterocycles. The van der Waals surface area contributed by atoms with E-state index in [-0.39, 0.29) is 17.9 Å². The molecule has 1 aromatic carbocycles. The van der Waals surface area contributed by atoms with Gasteiger partial charge in [-0.2, -0.15) is 9.97 Å². The first-order valence-electron chi connectivity index (χ1n) is 11.0. The number of aliphatic hydroxyl groups is 2. The van der Waals surface area contributed by atoms with Gasteiger partial charge in [0.1, 0.15) is 18.3 Å². The Morgan fingerprint density at radius 3 is 2.56 bits per heavy atom. The second-order valence-corrected chi connectivity index (χ2v) is 8.45. The van der Waals surface area contributed by atoms with Gasteiger partial charge in [-0.1, -0.05) is 30.3 Å². The molecular weight excluding hydrogens is 412 g/mol. The van der Waals surface area contributed by atoms with Crippen molar-refractivity contribution in [1.29, 1.82) is 0 Å². The minimum Gasteiger partial charge on any atom is -0.460 e. The average molecular weight is 441 g/mol. The number of fused-ring (bicyclic) bond motifs is 1. The first kappa shape index (κ1) is 20.9. The van der Waals surface area contributed by atoms with E-state index in [2.05, 4.69) is 20.3 Å². The van der Waals surface area contributed by atoms with Gasteiger partial charge in [0.15, 0.2) is 23.2 Å². The molecule has 0 spiro atoms. The smallest absolute Gasteiger partial charge is 0.320 e. The highest BCUT2D eigenvalue weighted by molar-refractivity contribution is 5.84. The lowest BCUT2D eigenvalue weighted by Crippen LogP contribution is -2.30. The lowest BCUT2D eigenvalue weighted by Gasteiger charge is -2.20. The van der Waals surface area contributed by atoms with Crippen LogP contribution in [0.3, 0.4) is 0 Å². The lowest BCUT2D eigenvalue weighted by atomic mass is 10.1. The number of nitrogens with zero attached hydrogens (tertiary/aromatic N) is 4. The van der Waals surface area contributed by atoms with E-state index in [9.17, 15) is 10.2 Å². The number of aromatic nitrogens is 4. The van der Waals surface area contributed by atoms with Crippen molar-refractivity contribution in [2.24, 2.45) is 0 Å². The number of hydrogen-bond donors (Lipinski definition) is 4. The first-order chi connectivity index (χ1) is 15.5. The molecule has 0 radical (unpaired) electrons. The van der Waals surface area contributed by atoms with Crippen molar-refractivity contribution in [2.45, 2.75) is 69.8 Å². The van der Waals surface area contributed by atoms with Crippen LogP contribution >= 0.6 is 0 Å². The third-order valence-corrected chi connectivity index (χ3v) is 6.15. The number of ether oxygens (including phenoxy) is 2. The van der Waals surface area contributed by atoms with Gasteiger partial charge in [-0.05, 0) is 38.2 Å². The number of imidazole rings is 1. The number of rotatable bonds is 6. The standard InChI is InChI=1S/C22H28N6O4/c1-12-16(29)17(30)20(31-12)28-19-15(25-21(28)24-11-13-7-3-2-4-8-13)18(23)26-22(27-19)32-14-9-5-6-10-14/h2-4,7-8,12,14,16-17,20,29-30H,5-6,9-11H2,1H3,(H,24,25)(H2,23,26,27)/t12?,16-,17-,20?/m1/s1. The molecule has 2 aliphatic rings. The van der Waals surface area contributed by atoms with Gasteiger partial charge in [-0.15, -0.1) is 0 Å². The minimum atomic E-state index is -1.16. The molecule has 2 fully saturated rings. The molecule has 32 heavy (non-hydrogen) atoms. The second-order valence-electron chi connectivity index (χ2n) is 8.45. The van der Waals surface area contributed by atoms with Gasteiger partial charge in [-0.25, -0.2) is 4.98 Å². The van der Waals surface area contributed by atoms with E-state index >= 15 is 0 Å². The molecule has 1 saturated heterocycles. The van der Waals surface area contributed by atoms with Crippen LogP contribution < -0.4 is 15.8 Å². The average Bonchev–Trinajstić information content (AvgIpc) is 3.49. The molecule has 10 nitrogen and oxygen atoms in total. The molecule has 1 aliphatic heterocycles. The molecule has 1 saturated carbocycles. The van der Waals surface area contributed by atoms with Gasteiger partial charge < -0.3 is 30.7 Å². The highest BCUT2D eigenvalue weighted by Gasteiger charge is 2.43. The number of anilines is 2. The third kappa shape index (κ3) is 3.85. The summed E-state index contributed by atoms with van der Waals surface area (Å²) < 4.78 is 13.5. The van der Waals surface area contributed by atoms with Crippen molar-refractivity contribution in [3.8, 4) is 6.01 Å². The van der Waals surface area contributed by atoms with Crippen LogP contribution in [0.25, 0.3) is 11.2 Å². The van der Waals surface area contributed by atoms with E-state index in [0.29, 0.717) is 23.7 Å². The molecular formula is C22H28N6O4. The molecule has 4 atom stereocenters. The first-order valence-corrected chi connectivity index (χ1v) is 11.0. The fourth-order valence-electron chi connectivity index (χ4n) is 4.37. The Hall–Kier alpha value is -2.95. The van der Waals surface area contributed by atoms with Gasteiger partial charge in [0.25, 0.3) is 0 Å². The Kier molecular flexibility index (Phi) is 5.58. The summed E-state index contributed by atoms with van der Waals surface area (Å²) in [6.07, 6.45) is 0.575. The highest BCUT2D eigenvalue weighted by atomic mass is 16.6. The van der Waals surface area contributed by atoms with Gasteiger partial charge >= 0.3 is 6.01 Å². The molecule has 2 unspecified atom stereocenters. The zero-order valence-electron chi connectivity index (χ0n) is 17.9. The van der Waals surface area contributed by atoms with Crippen LogP contribution in [-0.4, -0.2) is 54.1 Å². The third-order valence-electron chi connectivity index (χ3n) is 6.15. The molecule has 5 rings (SSSR count). The summed E-state index contributed by atoms with van der Waals surface area (Å²) >= 11 is 0. The van der Waals surface area contributed by atoms with E-state index in [1.54, 1.807) is 11.5 Å². The van der Waals surface area contributed by atoms with Crippen LogP contribution in [0.5, 0.6) is 6.01 Å². The Bertz CT molecular complexity index is 1080. The number of benzene rings is 1. The largest absolute Gasteiger partial charge is 0.460 e. The molecule has 3 aromatic rings. The topological polar surface area (TPSA) is 141 Å². The van der Waals surface area contributed by atoms with Crippen LogP contribution in [-0.2, 0) is 11.3 Å². The van der Waals surface area contributed by atoms with E-state index in [4.69, 9.17) is 15.2 Å². The van der Waals surface area contributed by atoms with Gasteiger partial charge in [0, 0.05) is 6.54 Å². The van der Waals surface area contributed by atoms with Crippen LogP contribution in [0, 0.1) is 0 Å². The van der Waals surface area contributed by atoms with E-state index < -0.39 is 24.5 Å². The number of nitrogens with two attached hydrogens (primary N) is 1. The molecule has 170 valence electrons. The summed E-state index contributed by atoms with van der Waals surface area (Å²) in [5.74, 6) is 0.596. The summed E-state index contributed by atoms with van der Waals surface area (Å²) in [6.45, 7) is 2.20. The predicted molar refractivity (Wildman–Crippen MR) is 118 cm³/mol.